The lowest BCUT2D eigenvalue weighted by atomic mass is 10.0. The smallest absolute Gasteiger partial charge is 0.323 e. The predicted octanol–water partition coefficient (Wildman–Crippen LogP) is 3.47. The second-order valence-corrected chi connectivity index (χ2v) is 10.3. The van der Waals surface area contributed by atoms with E-state index in [1.54, 1.807) is 20.2 Å². The van der Waals surface area contributed by atoms with Crippen molar-refractivity contribution in [2.75, 3.05) is 33.9 Å². The Labute approximate surface area is 251 Å². The molecule has 1 unspecified atom stereocenters. The molecule has 0 spiro atoms. The molecular weight excluding hydrogens is 618 g/mol. The van der Waals surface area contributed by atoms with Crippen LogP contribution in [0.15, 0.2) is 65.1 Å². The molecule has 41 heavy (non-hydrogen) atoms. The minimum Gasteiger partial charge on any atom is -0.487 e. The summed E-state index contributed by atoms with van der Waals surface area (Å²) in [4.78, 5) is 36.7. The normalized spacial score (nSPS) is 11.4. The highest BCUT2D eigenvalue weighted by molar-refractivity contribution is 9.10. The minimum absolute atomic E-state index is 0.0295. The summed E-state index contributed by atoms with van der Waals surface area (Å²) in [5.74, 6) is -1.55. The Morgan fingerprint density at radius 1 is 1.00 bits per heavy atom. The van der Waals surface area contributed by atoms with E-state index in [-0.39, 0.29) is 42.1 Å². The molecule has 0 saturated heterocycles. The van der Waals surface area contributed by atoms with Gasteiger partial charge in [0.05, 0.1) is 18.2 Å². The highest BCUT2D eigenvalue weighted by atomic mass is 79.9. The van der Waals surface area contributed by atoms with Gasteiger partial charge in [-0.15, -0.1) is 0 Å². The van der Waals surface area contributed by atoms with Gasteiger partial charge in [-0.1, -0.05) is 60.1 Å². The van der Waals surface area contributed by atoms with E-state index in [1.807, 2.05) is 48.5 Å². The van der Waals surface area contributed by atoms with Gasteiger partial charge in [0.25, 0.3) is 5.91 Å². The van der Waals surface area contributed by atoms with Crippen LogP contribution in [0.4, 0.5) is 0 Å². The number of hydrogen-bond acceptors (Lipinski definition) is 7. The summed E-state index contributed by atoms with van der Waals surface area (Å²) in [7, 11) is 3.15. The number of aliphatic carboxylic acids is 1. The molecule has 0 aliphatic carbocycles. The van der Waals surface area contributed by atoms with Crippen molar-refractivity contribution in [3.05, 3.63) is 81.3 Å². The third-order valence-corrected chi connectivity index (χ3v) is 7.21. The van der Waals surface area contributed by atoms with Gasteiger partial charge in [-0.05, 0) is 33.1 Å². The van der Waals surface area contributed by atoms with Crippen molar-refractivity contribution in [2.45, 2.75) is 19.2 Å². The van der Waals surface area contributed by atoms with Gasteiger partial charge in [0.2, 0.25) is 5.91 Å². The van der Waals surface area contributed by atoms with Crippen LogP contribution in [0, 0.1) is 0 Å². The Morgan fingerprint density at radius 2 is 1.73 bits per heavy atom. The molecule has 4 N–H and O–H groups in total. The molecule has 1 atom stereocenters. The third kappa shape index (κ3) is 9.19. The van der Waals surface area contributed by atoms with Crippen LogP contribution in [0.3, 0.4) is 0 Å². The maximum Gasteiger partial charge on any atom is 0.323 e. The van der Waals surface area contributed by atoms with Crippen LogP contribution in [-0.2, 0) is 27.5 Å². The zero-order chi connectivity index (χ0) is 29.9. The first-order chi connectivity index (χ1) is 19.6. The lowest BCUT2D eigenvalue weighted by molar-refractivity contribution is -0.140. The molecule has 218 valence electrons. The van der Waals surface area contributed by atoms with Crippen LogP contribution in [-0.4, -0.2) is 72.8 Å². The van der Waals surface area contributed by atoms with Gasteiger partial charge >= 0.3 is 5.97 Å². The van der Waals surface area contributed by atoms with Crippen LogP contribution < -0.4 is 20.1 Å². The quantitative estimate of drug-likeness (QED) is 0.209. The number of carboxylic acid groups (broad SMARTS) is 1. The van der Waals surface area contributed by atoms with E-state index in [1.165, 1.54) is 11.0 Å². The topological polar surface area (TPSA) is 137 Å². The van der Waals surface area contributed by atoms with E-state index in [9.17, 15) is 24.6 Å². The number of aliphatic hydroxyl groups is 1. The highest BCUT2D eigenvalue weighted by Crippen LogP contribution is 2.35. The Balaban J connectivity index is 1.80. The molecule has 0 aliphatic rings. The number of carboxylic acids is 1. The van der Waals surface area contributed by atoms with Crippen molar-refractivity contribution in [1.29, 1.82) is 0 Å². The van der Waals surface area contributed by atoms with E-state index < -0.39 is 31.1 Å². The molecule has 0 bridgehead atoms. The molecule has 3 aromatic rings. The first kappa shape index (κ1) is 31.9. The average Bonchev–Trinajstić information content (AvgIpc) is 2.95. The maximum atomic E-state index is 12.3. The molecule has 12 heteroatoms. The number of rotatable bonds is 14. The van der Waals surface area contributed by atoms with E-state index >= 15 is 0 Å². The summed E-state index contributed by atoms with van der Waals surface area (Å²) < 4.78 is 12.6. The van der Waals surface area contributed by atoms with Gasteiger partial charge in [-0.25, -0.2) is 0 Å². The largest absolute Gasteiger partial charge is 0.487 e. The molecule has 0 radical (unpaired) electrons. The van der Waals surface area contributed by atoms with E-state index in [4.69, 9.17) is 21.1 Å². The lowest BCUT2D eigenvalue weighted by Gasteiger charge is -2.18. The number of carbonyl (C=O) groups is 3. The molecule has 3 aromatic carbocycles. The molecule has 2 amide bonds. The number of benzene rings is 3. The highest BCUT2D eigenvalue weighted by Gasteiger charge is 2.19. The van der Waals surface area contributed by atoms with Gasteiger partial charge in [-0.2, -0.15) is 0 Å². The summed E-state index contributed by atoms with van der Waals surface area (Å²) >= 11 is 10.2. The van der Waals surface area contributed by atoms with E-state index in [0.29, 0.717) is 5.56 Å². The summed E-state index contributed by atoms with van der Waals surface area (Å²) in [5, 5.41) is 24.0. The standard InChI is InChI=1S/C29H31BrClN3O7/c1-34(2)27(37)14-33-26(36)17-41-24-12-25(22(31)11-20(24)13-32-23(15-35)29(38)39)40-16-19-9-6-10-21(28(19)30)18-7-4-3-5-8-18/h3-12,23,32,35H,13-17H2,1-2H3,(H,33,36)(H,38,39). The fourth-order valence-corrected chi connectivity index (χ4v) is 4.48. The third-order valence-electron chi connectivity index (χ3n) is 5.98. The fraction of sp³-hybridized carbons (Fsp3) is 0.276. The number of aliphatic hydroxyl groups excluding tert-OH is 1. The molecule has 0 saturated carbocycles. The van der Waals surface area contributed by atoms with Crippen molar-refractivity contribution >= 4 is 45.3 Å². The predicted molar refractivity (Wildman–Crippen MR) is 158 cm³/mol. The van der Waals surface area contributed by atoms with Crippen molar-refractivity contribution in [1.82, 2.24) is 15.5 Å². The Kier molecular flexibility index (Phi) is 12.0. The van der Waals surface area contributed by atoms with Gasteiger partial charge in [-0.3, -0.25) is 19.7 Å². The van der Waals surface area contributed by atoms with E-state index in [2.05, 4.69) is 26.6 Å². The molecule has 3 rings (SSSR count). The van der Waals surface area contributed by atoms with Crippen LogP contribution in [0.25, 0.3) is 11.1 Å². The van der Waals surface area contributed by atoms with Crippen LogP contribution in [0.5, 0.6) is 11.5 Å². The SMILES string of the molecule is CN(C)C(=O)CNC(=O)COc1cc(OCc2cccc(-c3ccccc3)c2Br)c(Cl)cc1CNC(CO)C(=O)O. The van der Waals surface area contributed by atoms with Gasteiger partial charge in [0.1, 0.15) is 24.1 Å². The Bertz CT molecular complexity index is 1370. The molecule has 0 heterocycles. The van der Waals surface area contributed by atoms with E-state index in [0.717, 1.165) is 21.2 Å². The average molecular weight is 649 g/mol. The second kappa shape index (κ2) is 15.4. The number of nitrogens with zero attached hydrogens (tertiary/aromatic N) is 1. The number of carbonyl (C=O) groups excluding carboxylic acids is 2. The zero-order valence-corrected chi connectivity index (χ0v) is 24.9. The summed E-state index contributed by atoms with van der Waals surface area (Å²) in [6.45, 7) is -1.09. The van der Waals surface area contributed by atoms with Crippen molar-refractivity contribution < 1.29 is 34.1 Å². The molecule has 0 fully saturated rings. The molecule has 0 aromatic heterocycles. The number of ether oxygens (including phenoxy) is 2. The van der Waals surface area contributed by atoms with Crippen molar-refractivity contribution in [2.24, 2.45) is 0 Å². The summed E-state index contributed by atoms with van der Waals surface area (Å²) in [6.07, 6.45) is 0. The molecular formula is C29H31BrClN3O7. The zero-order valence-electron chi connectivity index (χ0n) is 22.5. The fourth-order valence-electron chi connectivity index (χ4n) is 3.64. The number of hydrogen-bond donors (Lipinski definition) is 4. The first-order valence-corrected chi connectivity index (χ1v) is 13.7. The second-order valence-electron chi connectivity index (χ2n) is 9.13. The molecule has 0 aliphatic heterocycles. The Morgan fingerprint density at radius 3 is 2.39 bits per heavy atom. The molecule has 10 nitrogen and oxygen atoms in total. The number of halogens is 2. The maximum absolute atomic E-state index is 12.3. The monoisotopic (exact) mass is 647 g/mol. The number of nitrogens with one attached hydrogen (secondary N) is 2. The van der Waals surface area contributed by atoms with Crippen LogP contribution >= 0.6 is 27.5 Å². The minimum atomic E-state index is -1.23. The first-order valence-electron chi connectivity index (χ1n) is 12.6. The van der Waals surface area contributed by atoms with Crippen LogP contribution in [0.2, 0.25) is 5.02 Å². The Hall–Kier alpha value is -3.64. The van der Waals surface area contributed by atoms with Crippen molar-refractivity contribution in [3.63, 3.8) is 0 Å². The van der Waals surface area contributed by atoms with Crippen LogP contribution in [0.1, 0.15) is 11.1 Å². The van der Waals surface area contributed by atoms with Crippen molar-refractivity contribution in [3.8, 4) is 22.6 Å². The summed E-state index contributed by atoms with van der Waals surface area (Å²) in [5.41, 5.74) is 3.35. The number of amides is 2. The van der Waals surface area contributed by atoms with Gasteiger partial charge in [0.15, 0.2) is 6.61 Å². The summed E-state index contributed by atoms with van der Waals surface area (Å²) in [6, 6.07) is 17.6. The lowest BCUT2D eigenvalue weighted by Crippen LogP contribution is -2.39. The number of likely N-dealkylation sites (N-methyl/N-ethyl adjacent to an activating group) is 1. The van der Waals surface area contributed by atoms with Gasteiger partial charge < -0.3 is 29.9 Å². The van der Waals surface area contributed by atoms with Gasteiger partial charge in [0, 0.05) is 42.3 Å².